The van der Waals surface area contributed by atoms with Crippen molar-refractivity contribution in [1.29, 1.82) is 0 Å². The summed E-state index contributed by atoms with van der Waals surface area (Å²) in [4.78, 5) is 0. The van der Waals surface area contributed by atoms with E-state index in [1.807, 2.05) is 0 Å². The minimum absolute atomic E-state index is 0.490. The Morgan fingerprint density at radius 3 is 2.10 bits per heavy atom. The third kappa shape index (κ3) is 4.26. The van der Waals surface area contributed by atoms with Crippen molar-refractivity contribution in [3.05, 3.63) is 35.1 Å². The topological polar surface area (TPSA) is 12.0 Å². The number of rotatable bonds is 5. The average Bonchev–Trinajstić information content (AvgIpc) is 2.35. The van der Waals surface area contributed by atoms with Gasteiger partial charge >= 0.3 is 0 Å². The van der Waals surface area contributed by atoms with Crippen LogP contribution in [-0.2, 0) is 0 Å². The van der Waals surface area contributed by atoms with Crippen LogP contribution in [0.25, 0.3) is 0 Å². The van der Waals surface area contributed by atoms with Crippen LogP contribution in [0.3, 0.4) is 0 Å². The van der Waals surface area contributed by atoms with Crippen LogP contribution in [0.15, 0.2) is 35.1 Å². The molecule has 0 aromatic heterocycles. The largest absolute Gasteiger partial charge is 0.385 e. The van der Waals surface area contributed by atoms with Crippen molar-refractivity contribution in [3.63, 3.8) is 0 Å². The molecule has 0 bridgehead atoms. The SMILES string of the molecule is CC(C)=C(NC(C)C(C)C)C1C=CC(C(C)C)=CC1C. The number of nitrogens with one attached hydrogen (secondary N) is 1. The van der Waals surface area contributed by atoms with Gasteiger partial charge in [-0.2, -0.15) is 0 Å². The fourth-order valence-electron chi connectivity index (χ4n) is 2.58. The molecule has 0 radical (unpaired) electrons. The van der Waals surface area contributed by atoms with Gasteiger partial charge in [0.05, 0.1) is 0 Å². The van der Waals surface area contributed by atoms with Crippen LogP contribution < -0.4 is 5.32 Å². The van der Waals surface area contributed by atoms with Crippen LogP contribution in [-0.4, -0.2) is 6.04 Å². The predicted octanol–water partition coefficient (Wildman–Crippen LogP) is 5.32. The van der Waals surface area contributed by atoms with Gasteiger partial charge in [-0.15, -0.1) is 0 Å². The van der Waals surface area contributed by atoms with Crippen LogP contribution >= 0.6 is 0 Å². The summed E-state index contributed by atoms with van der Waals surface area (Å²) in [6, 6.07) is 0.510. The van der Waals surface area contributed by atoms with Crippen LogP contribution in [0, 0.1) is 23.7 Å². The van der Waals surface area contributed by atoms with Gasteiger partial charge in [-0.25, -0.2) is 0 Å². The first-order chi connectivity index (χ1) is 9.23. The Morgan fingerprint density at radius 2 is 1.70 bits per heavy atom. The molecule has 1 rings (SSSR count). The van der Waals surface area contributed by atoms with Crippen molar-refractivity contribution in [1.82, 2.24) is 5.32 Å². The van der Waals surface area contributed by atoms with Gasteiger partial charge in [0.2, 0.25) is 0 Å². The van der Waals surface area contributed by atoms with Gasteiger partial charge in [-0.05, 0) is 44.1 Å². The molecule has 0 fully saturated rings. The highest BCUT2D eigenvalue weighted by Gasteiger charge is 2.24. The highest BCUT2D eigenvalue weighted by Crippen LogP contribution is 2.32. The van der Waals surface area contributed by atoms with E-state index in [1.165, 1.54) is 16.8 Å². The minimum atomic E-state index is 0.490. The predicted molar refractivity (Wildman–Crippen MR) is 90.5 cm³/mol. The molecule has 1 aliphatic rings. The van der Waals surface area contributed by atoms with Crippen molar-refractivity contribution < 1.29 is 0 Å². The molecule has 0 aromatic carbocycles. The first-order valence-corrected chi connectivity index (χ1v) is 8.07. The van der Waals surface area contributed by atoms with Gasteiger partial charge < -0.3 is 5.32 Å². The van der Waals surface area contributed by atoms with Gasteiger partial charge in [0.25, 0.3) is 0 Å². The zero-order valence-corrected chi connectivity index (χ0v) is 14.6. The quantitative estimate of drug-likeness (QED) is 0.716. The lowest BCUT2D eigenvalue weighted by molar-refractivity contribution is 0.421. The molecule has 0 heterocycles. The van der Waals surface area contributed by atoms with E-state index in [1.54, 1.807) is 0 Å². The second-order valence-electron chi connectivity index (χ2n) is 7.16. The van der Waals surface area contributed by atoms with Crippen molar-refractivity contribution in [2.45, 2.75) is 61.4 Å². The normalized spacial score (nSPS) is 23.8. The molecule has 3 atom stereocenters. The van der Waals surface area contributed by atoms with E-state index in [0.717, 1.165) is 0 Å². The Hall–Kier alpha value is -0.980. The maximum Gasteiger partial charge on any atom is 0.0253 e. The van der Waals surface area contributed by atoms with E-state index in [0.29, 0.717) is 29.7 Å². The zero-order chi connectivity index (χ0) is 15.4. The molecule has 0 amide bonds. The average molecular weight is 275 g/mol. The molecule has 0 aliphatic heterocycles. The van der Waals surface area contributed by atoms with Crippen molar-refractivity contribution in [2.75, 3.05) is 0 Å². The zero-order valence-electron chi connectivity index (χ0n) is 14.6. The van der Waals surface area contributed by atoms with E-state index >= 15 is 0 Å². The second kappa shape index (κ2) is 7.15. The minimum Gasteiger partial charge on any atom is -0.385 e. The van der Waals surface area contributed by atoms with Gasteiger partial charge in [0, 0.05) is 17.7 Å². The van der Waals surface area contributed by atoms with E-state index in [9.17, 15) is 0 Å². The molecule has 1 aliphatic carbocycles. The molecule has 3 unspecified atom stereocenters. The fraction of sp³-hybridized carbons (Fsp3) is 0.684. The van der Waals surface area contributed by atoms with Crippen molar-refractivity contribution in [3.8, 4) is 0 Å². The fourth-order valence-corrected chi connectivity index (χ4v) is 2.58. The maximum atomic E-state index is 3.76. The summed E-state index contributed by atoms with van der Waals surface area (Å²) in [5.41, 5.74) is 4.29. The smallest absolute Gasteiger partial charge is 0.0253 e. The Morgan fingerprint density at radius 1 is 1.10 bits per heavy atom. The third-order valence-electron chi connectivity index (χ3n) is 4.44. The summed E-state index contributed by atoms with van der Waals surface area (Å²) in [7, 11) is 0. The van der Waals surface area contributed by atoms with Crippen LogP contribution in [0.2, 0.25) is 0 Å². The third-order valence-corrected chi connectivity index (χ3v) is 4.44. The number of hydrogen-bond acceptors (Lipinski definition) is 1. The summed E-state index contributed by atoms with van der Waals surface area (Å²) in [6.45, 7) is 18.1. The molecule has 1 nitrogen and oxygen atoms in total. The lowest BCUT2D eigenvalue weighted by Crippen LogP contribution is -2.35. The Kier molecular flexibility index (Phi) is 6.10. The van der Waals surface area contributed by atoms with Crippen molar-refractivity contribution in [2.24, 2.45) is 23.7 Å². The van der Waals surface area contributed by atoms with Crippen LogP contribution in [0.1, 0.15) is 55.4 Å². The molecular weight excluding hydrogens is 242 g/mol. The summed E-state index contributed by atoms with van der Waals surface area (Å²) in [5.74, 6) is 2.32. The summed E-state index contributed by atoms with van der Waals surface area (Å²) < 4.78 is 0. The molecule has 0 aromatic rings. The first-order valence-electron chi connectivity index (χ1n) is 8.07. The summed E-state index contributed by atoms with van der Waals surface area (Å²) in [5, 5.41) is 3.76. The Bertz CT molecular complexity index is 405. The van der Waals surface area contributed by atoms with E-state index in [-0.39, 0.29) is 0 Å². The molecule has 0 saturated carbocycles. The van der Waals surface area contributed by atoms with Gasteiger partial charge in [0.1, 0.15) is 0 Å². The molecule has 0 saturated heterocycles. The monoisotopic (exact) mass is 275 g/mol. The van der Waals surface area contributed by atoms with E-state index in [2.05, 4.69) is 78.9 Å². The molecule has 0 spiro atoms. The lowest BCUT2D eigenvalue weighted by atomic mass is 9.81. The molecule has 1 N–H and O–H groups in total. The number of allylic oxidation sites excluding steroid dienone is 5. The van der Waals surface area contributed by atoms with Crippen LogP contribution in [0.5, 0.6) is 0 Å². The second-order valence-corrected chi connectivity index (χ2v) is 7.16. The first kappa shape index (κ1) is 17.1. The molecular formula is C19H33N. The van der Waals surface area contributed by atoms with Gasteiger partial charge in [-0.3, -0.25) is 0 Å². The van der Waals surface area contributed by atoms with Gasteiger partial charge in [-0.1, -0.05) is 58.4 Å². The molecule has 1 heteroatoms. The van der Waals surface area contributed by atoms with Crippen LogP contribution in [0.4, 0.5) is 0 Å². The number of hydrogen-bond donors (Lipinski definition) is 1. The Balaban J connectivity index is 2.92. The Labute approximate surface area is 126 Å². The van der Waals surface area contributed by atoms with Crippen molar-refractivity contribution >= 4 is 0 Å². The molecule has 20 heavy (non-hydrogen) atoms. The summed E-state index contributed by atoms with van der Waals surface area (Å²) in [6.07, 6.45) is 7.16. The summed E-state index contributed by atoms with van der Waals surface area (Å²) >= 11 is 0. The lowest BCUT2D eigenvalue weighted by Gasteiger charge is -2.31. The maximum absolute atomic E-state index is 3.76. The standard InChI is InChI=1S/C19H33N/c1-12(2)16(8)20-19(14(5)6)18-10-9-17(13(3)4)11-15(18)7/h9-13,15-16,18,20H,1-8H3. The highest BCUT2D eigenvalue weighted by atomic mass is 14.9. The highest BCUT2D eigenvalue weighted by molar-refractivity contribution is 5.32. The molecule has 114 valence electrons. The van der Waals surface area contributed by atoms with Gasteiger partial charge in [0.15, 0.2) is 0 Å². The van der Waals surface area contributed by atoms with E-state index in [4.69, 9.17) is 0 Å². The van der Waals surface area contributed by atoms with E-state index < -0.39 is 0 Å².